The van der Waals surface area contributed by atoms with Gasteiger partial charge >= 0.3 is 0 Å². The number of likely N-dealkylation sites (tertiary alicyclic amines) is 2. The molecule has 0 N–H and O–H groups in total. The zero-order chi connectivity index (χ0) is 17.0. The smallest absolute Gasteiger partial charge is 0.222 e. The molecule has 24 heavy (non-hydrogen) atoms. The van der Waals surface area contributed by atoms with Crippen molar-refractivity contribution < 1.29 is 4.79 Å². The fraction of sp³-hybridized carbons (Fsp3) is 0.700. The summed E-state index contributed by atoms with van der Waals surface area (Å²) in [6.07, 6.45) is 7.27. The van der Waals surface area contributed by atoms with E-state index in [1.807, 2.05) is 12.3 Å². The predicted molar refractivity (Wildman–Crippen MR) is 96.5 cm³/mol. The minimum absolute atomic E-state index is 0.303. The molecule has 2 aliphatic heterocycles. The standard InChI is InChI=1S/C20H31N3O/c1-17(2)8-13-23-16-20(10-7-19(23)24)9-5-12-22(15-20)14-18-6-3-4-11-21-18/h3-4,6,11,17H,5,7-10,12-16H2,1-2H3/t20-/m1/s1. The molecule has 4 nitrogen and oxygen atoms in total. The molecule has 132 valence electrons. The second-order valence-electron chi connectivity index (χ2n) is 8.13. The lowest BCUT2D eigenvalue weighted by molar-refractivity contribution is -0.139. The Morgan fingerprint density at radius 2 is 2.12 bits per heavy atom. The number of piperidine rings is 2. The number of aromatic nitrogens is 1. The molecule has 1 amide bonds. The molecule has 3 heterocycles. The summed E-state index contributed by atoms with van der Waals surface area (Å²) in [5.41, 5.74) is 1.45. The number of pyridine rings is 1. The topological polar surface area (TPSA) is 36.4 Å². The summed E-state index contributed by atoms with van der Waals surface area (Å²) in [4.78, 5) is 21.5. The van der Waals surface area contributed by atoms with Crippen LogP contribution in [-0.2, 0) is 11.3 Å². The van der Waals surface area contributed by atoms with Gasteiger partial charge in [0.1, 0.15) is 0 Å². The van der Waals surface area contributed by atoms with E-state index >= 15 is 0 Å². The Kier molecular flexibility index (Phi) is 5.54. The maximum Gasteiger partial charge on any atom is 0.222 e. The van der Waals surface area contributed by atoms with E-state index in [-0.39, 0.29) is 0 Å². The van der Waals surface area contributed by atoms with Crippen LogP contribution in [0.25, 0.3) is 0 Å². The minimum Gasteiger partial charge on any atom is -0.342 e. The first-order valence-corrected chi connectivity index (χ1v) is 9.46. The molecule has 2 aliphatic rings. The number of hydrogen-bond acceptors (Lipinski definition) is 3. The fourth-order valence-corrected chi connectivity index (χ4v) is 4.22. The van der Waals surface area contributed by atoms with Crippen molar-refractivity contribution in [3.05, 3.63) is 30.1 Å². The predicted octanol–water partition coefficient (Wildman–Crippen LogP) is 3.33. The Hall–Kier alpha value is -1.42. The van der Waals surface area contributed by atoms with Crippen LogP contribution >= 0.6 is 0 Å². The van der Waals surface area contributed by atoms with Crippen molar-refractivity contribution in [2.75, 3.05) is 26.2 Å². The molecule has 0 saturated carbocycles. The molecule has 1 aromatic heterocycles. The molecule has 1 spiro atoms. The summed E-state index contributed by atoms with van der Waals surface area (Å²) < 4.78 is 0. The first-order valence-electron chi connectivity index (χ1n) is 9.46. The van der Waals surface area contributed by atoms with Gasteiger partial charge < -0.3 is 4.90 Å². The van der Waals surface area contributed by atoms with E-state index in [1.54, 1.807) is 0 Å². The Balaban J connectivity index is 1.62. The van der Waals surface area contributed by atoms with Crippen molar-refractivity contribution in [1.82, 2.24) is 14.8 Å². The Labute approximate surface area is 146 Å². The van der Waals surface area contributed by atoms with Crippen molar-refractivity contribution >= 4 is 5.91 Å². The van der Waals surface area contributed by atoms with Crippen LogP contribution in [0.2, 0.25) is 0 Å². The summed E-state index contributed by atoms with van der Waals surface area (Å²) in [5.74, 6) is 1.02. The van der Waals surface area contributed by atoms with Crippen molar-refractivity contribution in [2.45, 2.75) is 52.5 Å². The largest absolute Gasteiger partial charge is 0.342 e. The maximum absolute atomic E-state index is 12.3. The highest BCUT2D eigenvalue weighted by Crippen LogP contribution is 2.39. The van der Waals surface area contributed by atoms with Gasteiger partial charge in [-0.3, -0.25) is 14.7 Å². The summed E-state index contributed by atoms with van der Waals surface area (Å²) in [6, 6.07) is 6.15. The van der Waals surface area contributed by atoms with Crippen LogP contribution < -0.4 is 0 Å². The quantitative estimate of drug-likeness (QED) is 0.831. The normalized spacial score (nSPS) is 25.6. The molecule has 0 aliphatic carbocycles. The Morgan fingerprint density at radius 3 is 2.88 bits per heavy atom. The molecule has 1 aromatic rings. The van der Waals surface area contributed by atoms with E-state index in [0.29, 0.717) is 17.2 Å². The number of carbonyl (C=O) groups excluding carboxylic acids is 1. The number of amides is 1. The van der Waals surface area contributed by atoms with E-state index in [1.165, 1.54) is 12.8 Å². The molecule has 2 fully saturated rings. The Bertz CT molecular complexity index is 545. The van der Waals surface area contributed by atoms with Crippen LogP contribution in [0.15, 0.2) is 24.4 Å². The molecule has 2 saturated heterocycles. The fourth-order valence-electron chi connectivity index (χ4n) is 4.22. The van der Waals surface area contributed by atoms with Gasteiger partial charge in [-0.15, -0.1) is 0 Å². The third-order valence-electron chi connectivity index (χ3n) is 5.58. The van der Waals surface area contributed by atoms with E-state index < -0.39 is 0 Å². The lowest BCUT2D eigenvalue weighted by Crippen LogP contribution is -2.54. The van der Waals surface area contributed by atoms with Gasteiger partial charge in [-0.2, -0.15) is 0 Å². The van der Waals surface area contributed by atoms with Crippen LogP contribution in [0.4, 0.5) is 0 Å². The van der Waals surface area contributed by atoms with Crippen molar-refractivity contribution in [2.24, 2.45) is 11.3 Å². The number of carbonyl (C=O) groups is 1. The van der Waals surface area contributed by atoms with Gasteiger partial charge in [-0.25, -0.2) is 0 Å². The average Bonchev–Trinajstić information content (AvgIpc) is 2.57. The molecule has 0 aromatic carbocycles. The second-order valence-corrected chi connectivity index (χ2v) is 8.13. The number of hydrogen-bond donors (Lipinski definition) is 0. The highest BCUT2D eigenvalue weighted by Gasteiger charge is 2.41. The Morgan fingerprint density at radius 1 is 1.25 bits per heavy atom. The zero-order valence-corrected chi connectivity index (χ0v) is 15.2. The maximum atomic E-state index is 12.3. The van der Waals surface area contributed by atoms with Gasteiger partial charge in [0.25, 0.3) is 0 Å². The molecule has 0 bridgehead atoms. The van der Waals surface area contributed by atoms with E-state index in [0.717, 1.165) is 57.7 Å². The van der Waals surface area contributed by atoms with Gasteiger partial charge in [0, 0.05) is 44.2 Å². The summed E-state index contributed by atoms with van der Waals surface area (Å²) in [6.45, 7) is 9.55. The van der Waals surface area contributed by atoms with Gasteiger partial charge in [0.05, 0.1) is 5.69 Å². The van der Waals surface area contributed by atoms with Gasteiger partial charge in [0.15, 0.2) is 0 Å². The minimum atomic E-state index is 0.303. The van der Waals surface area contributed by atoms with Crippen molar-refractivity contribution in [3.8, 4) is 0 Å². The lowest BCUT2D eigenvalue weighted by atomic mass is 9.73. The molecule has 1 atom stereocenters. The number of rotatable bonds is 5. The highest BCUT2D eigenvalue weighted by atomic mass is 16.2. The summed E-state index contributed by atoms with van der Waals surface area (Å²) >= 11 is 0. The second kappa shape index (κ2) is 7.64. The third kappa shape index (κ3) is 4.35. The third-order valence-corrected chi connectivity index (χ3v) is 5.58. The van der Waals surface area contributed by atoms with Crippen LogP contribution in [0, 0.1) is 11.3 Å². The van der Waals surface area contributed by atoms with Crippen molar-refractivity contribution in [3.63, 3.8) is 0 Å². The molecular formula is C20H31N3O. The summed E-state index contributed by atoms with van der Waals surface area (Å²) in [5, 5.41) is 0. The summed E-state index contributed by atoms with van der Waals surface area (Å²) in [7, 11) is 0. The first kappa shape index (κ1) is 17.4. The van der Waals surface area contributed by atoms with E-state index in [9.17, 15) is 4.79 Å². The van der Waals surface area contributed by atoms with Crippen LogP contribution in [0.1, 0.15) is 51.6 Å². The number of nitrogens with zero attached hydrogens (tertiary/aromatic N) is 3. The molecular weight excluding hydrogens is 298 g/mol. The lowest BCUT2D eigenvalue weighted by Gasteiger charge is -2.48. The van der Waals surface area contributed by atoms with Crippen LogP contribution in [0.5, 0.6) is 0 Å². The van der Waals surface area contributed by atoms with Crippen molar-refractivity contribution in [1.29, 1.82) is 0 Å². The van der Waals surface area contributed by atoms with E-state index in [2.05, 4.69) is 40.8 Å². The van der Waals surface area contributed by atoms with Gasteiger partial charge in [-0.05, 0) is 50.3 Å². The molecule has 0 unspecified atom stereocenters. The van der Waals surface area contributed by atoms with Gasteiger partial charge in [0.2, 0.25) is 5.91 Å². The highest BCUT2D eigenvalue weighted by molar-refractivity contribution is 5.77. The zero-order valence-electron chi connectivity index (χ0n) is 15.2. The molecule has 3 rings (SSSR count). The molecule has 4 heteroatoms. The SMILES string of the molecule is CC(C)CCN1C[C@]2(CCCN(Cc3ccccn3)C2)CCC1=O. The van der Waals surface area contributed by atoms with Crippen LogP contribution in [-0.4, -0.2) is 46.9 Å². The van der Waals surface area contributed by atoms with Gasteiger partial charge in [-0.1, -0.05) is 19.9 Å². The molecule has 0 radical (unpaired) electrons. The average molecular weight is 329 g/mol. The monoisotopic (exact) mass is 329 g/mol. The van der Waals surface area contributed by atoms with E-state index in [4.69, 9.17) is 0 Å². The first-order chi connectivity index (χ1) is 11.6. The van der Waals surface area contributed by atoms with Crippen LogP contribution in [0.3, 0.4) is 0 Å².